The van der Waals surface area contributed by atoms with Gasteiger partial charge in [-0.3, -0.25) is 4.79 Å². The Bertz CT molecular complexity index is 467. The van der Waals surface area contributed by atoms with Crippen molar-refractivity contribution in [2.45, 2.75) is 19.9 Å². The molecule has 1 amide bonds. The minimum Gasteiger partial charge on any atom is -0.382 e. The largest absolute Gasteiger partial charge is 0.382 e. The summed E-state index contributed by atoms with van der Waals surface area (Å²) in [5, 5.41) is 2.95. The summed E-state index contributed by atoms with van der Waals surface area (Å²) in [6.45, 7) is 5.25. The molecule has 0 bridgehead atoms. The number of halogens is 1. The second-order valence-corrected chi connectivity index (χ2v) is 5.77. The molecule has 1 aliphatic heterocycles. The van der Waals surface area contributed by atoms with Gasteiger partial charge in [0.2, 0.25) is 0 Å². The standard InChI is InChI=1S/C14H19FN2OS/c1-3-16-13-11(5-4-6-12(13)15)14(18)17-7-8-19-9-10(17)2/h4-6,10,16H,3,7-9H2,1-2H3. The second-order valence-electron chi connectivity index (χ2n) is 4.62. The molecule has 1 unspecified atom stereocenters. The van der Waals surface area contributed by atoms with E-state index in [0.717, 1.165) is 18.1 Å². The predicted octanol–water partition coefficient (Wildman–Crippen LogP) is 2.84. The van der Waals surface area contributed by atoms with Crippen LogP contribution in [-0.4, -0.2) is 41.4 Å². The number of amides is 1. The third-order valence-corrected chi connectivity index (χ3v) is 4.42. The fraction of sp³-hybridized carbons (Fsp3) is 0.500. The first-order valence-corrected chi connectivity index (χ1v) is 7.71. The molecule has 5 heteroatoms. The number of benzene rings is 1. The van der Waals surface area contributed by atoms with Gasteiger partial charge in [0, 0.05) is 30.6 Å². The SMILES string of the molecule is CCNc1c(F)cccc1C(=O)N1CCSCC1C. The van der Waals surface area contributed by atoms with Crippen LogP contribution in [0.1, 0.15) is 24.2 Å². The third kappa shape index (κ3) is 3.03. The van der Waals surface area contributed by atoms with Crippen molar-refractivity contribution in [3.63, 3.8) is 0 Å². The smallest absolute Gasteiger partial charge is 0.256 e. The molecule has 1 saturated heterocycles. The van der Waals surface area contributed by atoms with E-state index in [1.165, 1.54) is 6.07 Å². The van der Waals surface area contributed by atoms with Crippen molar-refractivity contribution in [1.29, 1.82) is 0 Å². The lowest BCUT2D eigenvalue weighted by atomic mass is 10.1. The summed E-state index contributed by atoms with van der Waals surface area (Å²) in [5.74, 6) is 1.44. The van der Waals surface area contributed by atoms with Gasteiger partial charge in [-0.2, -0.15) is 11.8 Å². The number of nitrogens with zero attached hydrogens (tertiary/aromatic N) is 1. The van der Waals surface area contributed by atoms with Crippen molar-refractivity contribution in [3.05, 3.63) is 29.6 Å². The molecule has 2 rings (SSSR count). The van der Waals surface area contributed by atoms with Gasteiger partial charge in [0.1, 0.15) is 5.82 Å². The highest BCUT2D eigenvalue weighted by Gasteiger charge is 2.26. The van der Waals surface area contributed by atoms with Crippen LogP contribution in [0.2, 0.25) is 0 Å². The summed E-state index contributed by atoms with van der Waals surface area (Å²) in [5.41, 5.74) is 0.751. The molecule has 1 aromatic carbocycles. The first-order valence-electron chi connectivity index (χ1n) is 6.56. The van der Waals surface area contributed by atoms with Gasteiger partial charge in [0.15, 0.2) is 0 Å². The number of hydrogen-bond acceptors (Lipinski definition) is 3. The molecule has 3 nitrogen and oxygen atoms in total. The van der Waals surface area contributed by atoms with Gasteiger partial charge in [-0.1, -0.05) is 6.07 Å². The quantitative estimate of drug-likeness (QED) is 0.925. The van der Waals surface area contributed by atoms with Gasteiger partial charge >= 0.3 is 0 Å². The van der Waals surface area contributed by atoms with Gasteiger partial charge in [-0.05, 0) is 26.0 Å². The zero-order valence-corrected chi connectivity index (χ0v) is 12.1. The van der Waals surface area contributed by atoms with E-state index in [1.807, 2.05) is 30.5 Å². The van der Waals surface area contributed by atoms with Gasteiger partial charge in [-0.25, -0.2) is 4.39 Å². The molecule has 1 atom stereocenters. The lowest BCUT2D eigenvalue weighted by Gasteiger charge is -2.33. The average Bonchev–Trinajstić information content (AvgIpc) is 2.41. The normalized spacial score (nSPS) is 19.3. The van der Waals surface area contributed by atoms with E-state index in [0.29, 0.717) is 17.8 Å². The van der Waals surface area contributed by atoms with Crippen molar-refractivity contribution < 1.29 is 9.18 Å². The number of hydrogen-bond donors (Lipinski definition) is 1. The number of para-hydroxylation sites is 1. The number of anilines is 1. The third-order valence-electron chi connectivity index (χ3n) is 3.23. The highest BCUT2D eigenvalue weighted by molar-refractivity contribution is 7.99. The van der Waals surface area contributed by atoms with Crippen molar-refractivity contribution in [1.82, 2.24) is 4.90 Å². The maximum Gasteiger partial charge on any atom is 0.256 e. The molecule has 0 aromatic heterocycles. The first-order chi connectivity index (χ1) is 9.15. The fourth-order valence-corrected chi connectivity index (χ4v) is 3.26. The highest BCUT2D eigenvalue weighted by Crippen LogP contribution is 2.24. The Morgan fingerprint density at radius 2 is 2.37 bits per heavy atom. The van der Waals surface area contributed by atoms with Crippen molar-refractivity contribution in [2.75, 3.05) is 29.9 Å². The Balaban J connectivity index is 2.30. The molecule has 104 valence electrons. The number of rotatable bonds is 3. The number of carbonyl (C=O) groups is 1. The van der Waals surface area contributed by atoms with E-state index in [2.05, 4.69) is 5.32 Å². The Labute approximate surface area is 117 Å². The Hall–Kier alpha value is -1.23. The second kappa shape index (κ2) is 6.28. The molecular formula is C14H19FN2OS. The average molecular weight is 282 g/mol. The van der Waals surface area contributed by atoms with Crippen LogP contribution in [0.3, 0.4) is 0 Å². The zero-order valence-electron chi connectivity index (χ0n) is 11.3. The molecule has 19 heavy (non-hydrogen) atoms. The van der Waals surface area contributed by atoms with E-state index in [9.17, 15) is 9.18 Å². The summed E-state index contributed by atoms with van der Waals surface area (Å²) >= 11 is 1.85. The maximum absolute atomic E-state index is 13.8. The molecule has 0 spiro atoms. The van der Waals surface area contributed by atoms with Crippen LogP contribution in [0.15, 0.2) is 18.2 Å². The van der Waals surface area contributed by atoms with Gasteiger partial charge in [0.05, 0.1) is 11.3 Å². The van der Waals surface area contributed by atoms with E-state index < -0.39 is 0 Å². The monoisotopic (exact) mass is 282 g/mol. The summed E-state index contributed by atoms with van der Waals surface area (Å²) in [6, 6.07) is 4.86. The van der Waals surface area contributed by atoms with E-state index in [1.54, 1.807) is 12.1 Å². The van der Waals surface area contributed by atoms with Crippen molar-refractivity contribution in [2.24, 2.45) is 0 Å². The minimum absolute atomic E-state index is 0.0803. The molecule has 0 saturated carbocycles. The number of carbonyl (C=O) groups excluding carboxylic acids is 1. The van der Waals surface area contributed by atoms with E-state index in [4.69, 9.17) is 0 Å². The Morgan fingerprint density at radius 3 is 3.05 bits per heavy atom. The van der Waals surface area contributed by atoms with Crippen LogP contribution in [0.5, 0.6) is 0 Å². The highest BCUT2D eigenvalue weighted by atomic mass is 32.2. The molecule has 0 radical (unpaired) electrons. The van der Waals surface area contributed by atoms with Crippen LogP contribution in [0, 0.1) is 5.82 Å². The van der Waals surface area contributed by atoms with Gasteiger partial charge in [-0.15, -0.1) is 0 Å². The lowest BCUT2D eigenvalue weighted by Crippen LogP contribution is -2.44. The molecular weight excluding hydrogens is 263 g/mol. The van der Waals surface area contributed by atoms with Crippen LogP contribution < -0.4 is 5.32 Å². The number of thioether (sulfide) groups is 1. The van der Waals surface area contributed by atoms with E-state index in [-0.39, 0.29) is 17.8 Å². The zero-order chi connectivity index (χ0) is 13.8. The summed E-state index contributed by atoms with van der Waals surface area (Å²) < 4.78 is 13.8. The predicted molar refractivity (Wildman–Crippen MR) is 78.4 cm³/mol. The Morgan fingerprint density at radius 1 is 1.58 bits per heavy atom. The van der Waals surface area contributed by atoms with Gasteiger partial charge < -0.3 is 10.2 Å². The molecule has 1 fully saturated rings. The van der Waals surface area contributed by atoms with Crippen molar-refractivity contribution >= 4 is 23.4 Å². The molecule has 1 N–H and O–H groups in total. The topological polar surface area (TPSA) is 32.3 Å². The summed E-state index contributed by atoms with van der Waals surface area (Å²) in [4.78, 5) is 14.4. The first kappa shape index (κ1) is 14.2. The molecule has 1 heterocycles. The van der Waals surface area contributed by atoms with Crippen LogP contribution in [0.4, 0.5) is 10.1 Å². The van der Waals surface area contributed by atoms with Gasteiger partial charge in [0.25, 0.3) is 5.91 Å². The Kier molecular flexibility index (Phi) is 4.69. The maximum atomic E-state index is 13.8. The number of nitrogens with one attached hydrogen (secondary N) is 1. The minimum atomic E-state index is -0.369. The molecule has 1 aromatic rings. The van der Waals surface area contributed by atoms with Crippen LogP contribution in [-0.2, 0) is 0 Å². The van der Waals surface area contributed by atoms with E-state index >= 15 is 0 Å². The molecule has 0 aliphatic carbocycles. The summed E-state index contributed by atoms with van der Waals surface area (Å²) in [7, 11) is 0. The fourth-order valence-electron chi connectivity index (χ4n) is 2.24. The van der Waals surface area contributed by atoms with Crippen LogP contribution in [0.25, 0.3) is 0 Å². The summed E-state index contributed by atoms with van der Waals surface area (Å²) in [6.07, 6.45) is 0. The molecule has 1 aliphatic rings. The lowest BCUT2D eigenvalue weighted by molar-refractivity contribution is 0.0716. The van der Waals surface area contributed by atoms with Crippen molar-refractivity contribution in [3.8, 4) is 0 Å². The van der Waals surface area contributed by atoms with Crippen LogP contribution >= 0.6 is 11.8 Å².